The Morgan fingerprint density at radius 2 is 2.24 bits per heavy atom. The number of hydrogen-bond acceptors (Lipinski definition) is 6. The van der Waals surface area contributed by atoms with Crippen LogP contribution in [0.15, 0.2) is 6.07 Å². The summed E-state index contributed by atoms with van der Waals surface area (Å²) in [5.74, 6) is 1.67. The van der Waals surface area contributed by atoms with Crippen molar-refractivity contribution < 1.29 is 0 Å². The van der Waals surface area contributed by atoms with Crippen molar-refractivity contribution in [3.63, 3.8) is 0 Å². The maximum Gasteiger partial charge on any atom is 0.206 e. The number of nitrogens with one attached hydrogen (secondary N) is 2. The first-order valence-electron chi connectivity index (χ1n) is 7.39. The van der Waals surface area contributed by atoms with E-state index in [1.807, 2.05) is 6.92 Å². The van der Waals surface area contributed by atoms with Crippen molar-refractivity contribution >= 4 is 5.82 Å². The molecule has 2 aromatic rings. The van der Waals surface area contributed by atoms with Gasteiger partial charge in [-0.1, -0.05) is 0 Å². The third kappa shape index (κ3) is 2.08. The van der Waals surface area contributed by atoms with Crippen molar-refractivity contribution in [1.82, 2.24) is 30.5 Å². The second-order valence-electron chi connectivity index (χ2n) is 6.06. The van der Waals surface area contributed by atoms with Crippen molar-refractivity contribution in [2.24, 2.45) is 7.05 Å². The molecule has 0 aromatic carbocycles. The summed E-state index contributed by atoms with van der Waals surface area (Å²) in [6.07, 6.45) is 3.36. The Hall–Kier alpha value is -2.02. The minimum absolute atomic E-state index is 0.193. The van der Waals surface area contributed by atoms with Crippen LogP contribution in [0.4, 0.5) is 5.82 Å². The van der Waals surface area contributed by atoms with Crippen molar-refractivity contribution in [2.75, 3.05) is 18.4 Å². The molecule has 1 spiro atoms. The first kappa shape index (κ1) is 12.7. The highest BCUT2D eigenvalue weighted by atomic mass is 15.6. The summed E-state index contributed by atoms with van der Waals surface area (Å²) in [4.78, 5) is 6.24. The van der Waals surface area contributed by atoms with Crippen LogP contribution in [0.1, 0.15) is 24.1 Å². The van der Waals surface area contributed by atoms with Crippen molar-refractivity contribution in [3.05, 3.63) is 17.3 Å². The summed E-state index contributed by atoms with van der Waals surface area (Å²) >= 11 is 0. The summed E-state index contributed by atoms with van der Waals surface area (Å²) in [7, 11) is 1.77. The van der Waals surface area contributed by atoms with Crippen LogP contribution in [0, 0.1) is 6.92 Å². The summed E-state index contributed by atoms with van der Waals surface area (Å²) in [5.41, 5.74) is 3.36. The average molecular weight is 285 g/mol. The number of nitrogens with zero attached hydrogens (tertiary/aromatic N) is 5. The van der Waals surface area contributed by atoms with E-state index in [9.17, 15) is 0 Å². The molecule has 2 aromatic heterocycles. The van der Waals surface area contributed by atoms with Gasteiger partial charge < -0.3 is 10.6 Å². The fourth-order valence-electron chi connectivity index (χ4n) is 3.32. The Morgan fingerprint density at radius 1 is 1.33 bits per heavy atom. The molecule has 0 radical (unpaired) electrons. The van der Waals surface area contributed by atoms with Gasteiger partial charge in [0.05, 0.1) is 18.3 Å². The van der Waals surface area contributed by atoms with Gasteiger partial charge in [0.25, 0.3) is 0 Å². The van der Waals surface area contributed by atoms with Crippen LogP contribution in [0.5, 0.6) is 0 Å². The van der Waals surface area contributed by atoms with Gasteiger partial charge in [0.1, 0.15) is 5.82 Å². The average Bonchev–Trinajstić information content (AvgIpc) is 3.08. The number of hydrogen-bond donors (Lipinski definition) is 2. The number of pyridine rings is 1. The predicted molar refractivity (Wildman–Crippen MR) is 78.9 cm³/mol. The third-order valence-electron chi connectivity index (χ3n) is 4.54. The fraction of sp³-hybridized carbons (Fsp3) is 0.571. The molecular weight excluding hydrogens is 266 g/mol. The second kappa shape index (κ2) is 4.49. The quantitative estimate of drug-likeness (QED) is 0.801. The first-order valence-corrected chi connectivity index (χ1v) is 7.39. The summed E-state index contributed by atoms with van der Waals surface area (Å²) < 4.78 is 0. The van der Waals surface area contributed by atoms with Gasteiger partial charge in [-0.3, -0.25) is 0 Å². The smallest absolute Gasteiger partial charge is 0.206 e. The zero-order chi connectivity index (χ0) is 14.4. The predicted octanol–water partition coefficient (Wildman–Crippen LogP) is 0.671. The van der Waals surface area contributed by atoms with E-state index in [0.29, 0.717) is 5.82 Å². The Labute approximate surface area is 123 Å². The van der Waals surface area contributed by atoms with Crippen LogP contribution >= 0.6 is 0 Å². The normalized spacial score (nSPS) is 24.1. The highest BCUT2D eigenvalue weighted by Crippen LogP contribution is 2.35. The summed E-state index contributed by atoms with van der Waals surface area (Å²) in [6, 6.07) is 2.16. The van der Waals surface area contributed by atoms with Gasteiger partial charge in [0.15, 0.2) is 0 Å². The Kier molecular flexibility index (Phi) is 2.72. The Morgan fingerprint density at radius 3 is 2.95 bits per heavy atom. The molecule has 4 heterocycles. The van der Waals surface area contributed by atoms with Crippen molar-refractivity contribution in [3.8, 4) is 11.4 Å². The molecule has 2 N–H and O–H groups in total. The standard InChI is InChI=1S/C14H19N7/c1-9-11(13-18-20-21(2)19-13)7-10-3-4-14(5-6-15-8-14)17-12(10)16-9/h7,15H,3-6,8H2,1-2H3,(H,16,17)/t14-/m0/s1. The van der Waals surface area contributed by atoms with Gasteiger partial charge in [0, 0.05) is 12.1 Å². The molecule has 1 saturated heterocycles. The molecule has 0 aliphatic carbocycles. The molecule has 0 bridgehead atoms. The van der Waals surface area contributed by atoms with E-state index in [1.165, 1.54) is 16.8 Å². The lowest BCUT2D eigenvalue weighted by molar-refractivity contribution is 0.454. The van der Waals surface area contributed by atoms with E-state index >= 15 is 0 Å². The van der Waals surface area contributed by atoms with E-state index in [1.54, 1.807) is 7.05 Å². The van der Waals surface area contributed by atoms with E-state index in [2.05, 4.69) is 32.1 Å². The summed E-state index contributed by atoms with van der Waals surface area (Å²) in [5, 5.41) is 19.4. The molecule has 21 heavy (non-hydrogen) atoms. The van der Waals surface area contributed by atoms with Crippen LogP contribution in [0.2, 0.25) is 0 Å². The largest absolute Gasteiger partial charge is 0.363 e. The molecule has 4 rings (SSSR count). The number of aryl methyl sites for hydroxylation is 3. The molecule has 2 aliphatic rings. The van der Waals surface area contributed by atoms with Gasteiger partial charge in [-0.05, 0) is 49.6 Å². The number of fused-ring (bicyclic) bond motifs is 1. The third-order valence-corrected chi connectivity index (χ3v) is 4.54. The van der Waals surface area contributed by atoms with E-state index < -0.39 is 0 Å². The number of anilines is 1. The lowest BCUT2D eigenvalue weighted by Crippen LogP contribution is -2.44. The first-order chi connectivity index (χ1) is 10.2. The minimum Gasteiger partial charge on any atom is -0.363 e. The monoisotopic (exact) mass is 285 g/mol. The minimum atomic E-state index is 0.193. The van der Waals surface area contributed by atoms with Gasteiger partial charge in [-0.15, -0.1) is 10.2 Å². The fourth-order valence-corrected chi connectivity index (χ4v) is 3.32. The Bertz CT molecular complexity index is 685. The van der Waals surface area contributed by atoms with Crippen molar-refractivity contribution in [1.29, 1.82) is 0 Å². The van der Waals surface area contributed by atoms with Crippen LogP contribution in [-0.2, 0) is 13.5 Å². The highest BCUT2D eigenvalue weighted by molar-refractivity contribution is 5.64. The molecule has 0 amide bonds. The van der Waals surface area contributed by atoms with Crippen LogP contribution in [0.3, 0.4) is 0 Å². The molecule has 1 fully saturated rings. The number of aromatic nitrogens is 5. The SMILES string of the molecule is Cc1nc2c(cc1-c1nnn(C)n1)CC[C@@]1(CCNC1)N2. The molecule has 0 saturated carbocycles. The van der Waals surface area contributed by atoms with Gasteiger partial charge >= 0.3 is 0 Å². The lowest BCUT2D eigenvalue weighted by Gasteiger charge is -2.35. The maximum atomic E-state index is 4.76. The van der Waals surface area contributed by atoms with E-state index in [0.717, 1.165) is 43.0 Å². The second-order valence-corrected chi connectivity index (χ2v) is 6.06. The topological polar surface area (TPSA) is 80.5 Å². The molecule has 110 valence electrons. The van der Waals surface area contributed by atoms with Gasteiger partial charge in [0.2, 0.25) is 5.82 Å². The molecule has 2 aliphatic heterocycles. The molecule has 7 nitrogen and oxygen atoms in total. The van der Waals surface area contributed by atoms with Crippen molar-refractivity contribution in [2.45, 2.75) is 31.7 Å². The Balaban J connectivity index is 1.72. The molecule has 0 unspecified atom stereocenters. The summed E-state index contributed by atoms with van der Waals surface area (Å²) in [6.45, 7) is 4.12. The van der Waals surface area contributed by atoms with E-state index in [4.69, 9.17) is 4.98 Å². The van der Waals surface area contributed by atoms with Gasteiger partial charge in [-0.25, -0.2) is 4.98 Å². The lowest BCUT2D eigenvalue weighted by atomic mass is 9.86. The molecule has 1 atom stereocenters. The van der Waals surface area contributed by atoms with Gasteiger partial charge in [-0.2, -0.15) is 4.80 Å². The molecular formula is C14H19N7. The zero-order valence-electron chi connectivity index (χ0n) is 12.3. The zero-order valence-corrected chi connectivity index (χ0v) is 12.3. The molecule has 7 heteroatoms. The maximum absolute atomic E-state index is 4.76. The number of rotatable bonds is 1. The number of tetrazole rings is 1. The van der Waals surface area contributed by atoms with Crippen LogP contribution in [0.25, 0.3) is 11.4 Å². The van der Waals surface area contributed by atoms with Crippen LogP contribution in [-0.4, -0.2) is 43.8 Å². The van der Waals surface area contributed by atoms with Crippen LogP contribution < -0.4 is 10.6 Å². The van der Waals surface area contributed by atoms with E-state index in [-0.39, 0.29) is 5.54 Å². The highest BCUT2D eigenvalue weighted by Gasteiger charge is 2.37.